The van der Waals surface area contributed by atoms with E-state index in [0.29, 0.717) is 53.4 Å². The lowest BCUT2D eigenvalue weighted by molar-refractivity contribution is 0.0706. The SMILES string of the molecule is CCCc1n[nH]c2c(=O)[nH]c(-c3cc(Cc4ccc(C(=O)NO)cc4OC)ccc3OCC)nc12. The number of nitrogens with one attached hydrogen (secondary N) is 3. The van der Waals surface area contributed by atoms with Crippen LogP contribution in [0.4, 0.5) is 0 Å². The Labute approximate surface area is 201 Å². The predicted molar refractivity (Wildman–Crippen MR) is 130 cm³/mol. The van der Waals surface area contributed by atoms with Crippen molar-refractivity contribution in [3.05, 3.63) is 69.1 Å². The average molecular weight is 478 g/mol. The van der Waals surface area contributed by atoms with Crippen LogP contribution >= 0.6 is 0 Å². The lowest BCUT2D eigenvalue weighted by Gasteiger charge is -2.14. The van der Waals surface area contributed by atoms with Crippen LogP contribution in [0.1, 0.15) is 47.4 Å². The maximum absolute atomic E-state index is 12.8. The molecule has 0 aliphatic rings. The Morgan fingerprint density at radius 2 is 1.97 bits per heavy atom. The number of hydrogen-bond acceptors (Lipinski definition) is 7. The van der Waals surface area contributed by atoms with Crippen molar-refractivity contribution in [1.82, 2.24) is 25.6 Å². The van der Waals surface area contributed by atoms with Crippen molar-refractivity contribution in [1.29, 1.82) is 0 Å². The number of fused-ring (bicyclic) bond motifs is 1. The Morgan fingerprint density at radius 1 is 1.14 bits per heavy atom. The van der Waals surface area contributed by atoms with E-state index in [1.807, 2.05) is 32.0 Å². The summed E-state index contributed by atoms with van der Waals surface area (Å²) in [6.07, 6.45) is 2.07. The first-order chi connectivity index (χ1) is 17.0. The smallest absolute Gasteiger partial charge is 0.277 e. The summed E-state index contributed by atoms with van der Waals surface area (Å²) in [6, 6.07) is 10.6. The summed E-state index contributed by atoms with van der Waals surface area (Å²) in [5.41, 5.74) is 5.67. The molecule has 4 rings (SSSR count). The molecule has 0 fully saturated rings. The summed E-state index contributed by atoms with van der Waals surface area (Å²) in [4.78, 5) is 32.1. The van der Waals surface area contributed by atoms with Crippen molar-refractivity contribution in [2.75, 3.05) is 13.7 Å². The van der Waals surface area contributed by atoms with E-state index in [-0.39, 0.29) is 11.1 Å². The van der Waals surface area contributed by atoms with E-state index in [9.17, 15) is 9.59 Å². The largest absolute Gasteiger partial charge is 0.496 e. The van der Waals surface area contributed by atoms with Gasteiger partial charge in [-0.25, -0.2) is 10.5 Å². The standard InChI is InChI=1S/C25H27N5O5/c1-4-6-18-21-22(29-28-18)25(32)27-23(26-21)17-12-14(7-10-19(17)35-5-2)11-15-8-9-16(24(31)30-33)13-20(15)34-3/h7-10,12-13,33H,4-6,11H2,1-3H3,(H,28,29)(H,30,31)(H,26,27,32). The number of rotatable bonds is 9. The molecule has 4 N–H and O–H groups in total. The highest BCUT2D eigenvalue weighted by atomic mass is 16.5. The van der Waals surface area contributed by atoms with Gasteiger partial charge in [0.25, 0.3) is 11.5 Å². The molecule has 2 aromatic heterocycles. The summed E-state index contributed by atoms with van der Waals surface area (Å²) in [6.45, 7) is 4.39. The van der Waals surface area contributed by atoms with Crippen LogP contribution in [0.3, 0.4) is 0 Å². The number of H-pyrrole nitrogens is 2. The van der Waals surface area contributed by atoms with E-state index >= 15 is 0 Å². The number of aromatic amines is 2. The van der Waals surface area contributed by atoms with Crippen LogP contribution in [0, 0.1) is 0 Å². The van der Waals surface area contributed by atoms with Gasteiger partial charge in [0, 0.05) is 12.0 Å². The van der Waals surface area contributed by atoms with E-state index in [0.717, 1.165) is 23.2 Å². The lowest BCUT2D eigenvalue weighted by Crippen LogP contribution is -2.18. The van der Waals surface area contributed by atoms with Crippen LogP contribution in [0.25, 0.3) is 22.4 Å². The normalized spacial score (nSPS) is 11.0. The number of carbonyl (C=O) groups is 1. The number of hydrogen-bond donors (Lipinski definition) is 4. The summed E-state index contributed by atoms with van der Waals surface area (Å²) in [5, 5.41) is 15.9. The molecule has 0 saturated heterocycles. The fourth-order valence-corrected chi connectivity index (χ4v) is 3.97. The van der Waals surface area contributed by atoms with Gasteiger partial charge in [-0.1, -0.05) is 25.5 Å². The second-order valence-corrected chi connectivity index (χ2v) is 7.97. The molecular formula is C25H27N5O5. The number of aromatic nitrogens is 4. The van der Waals surface area contributed by atoms with Crippen molar-refractivity contribution in [2.45, 2.75) is 33.1 Å². The van der Waals surface area contributed by atoms with Crippen molar-refractivity contribution < 1.29 is 19.5 Å². The molecule has 2 heterocycles. The molecule has 4 aromatic rings. The van der Waals surface area contributed by atoms with Crippen LogP contribution in [0.15, 0.2) is 41.2 Å². The Bertz CT molecular complexity index is 1430. The van der Waals surface area contributed by atoms with E-state index in [4.69, 9.17) is 19.7 Å². The highest BCUT2D eigenvalue weighted by Gasteiger charge is 2.17. The molecule has 0 aliphatic heterocycles. The monoisotopic (exact) mass is 477 g/mol. The summed E-state index contributed by atoms with van der Waals surface area (Å²) in [5.74, 6) is 0.886. The Kier molecular flexibility index (Phi) is 7.11. The predicted octanol–water partition coefficient (Wildman–Crippen LogP) is 3.38. The number of nitrogens with zero attached hydrogens (tertiary/aromatic N) is 2. The molecule has 1 amide bonds. The van der Waals surface area contributed by atoms with Crippen LogP contribution in [-0.2, 0) is 12.8 Å². The molecule has 2 aromatic carbocycles. The quantitative estimate of drug-likeness (QED) is 0.214. The van der Waals surface area contributed by atoms with Crippen LogP contribution in [0.5, 0.6) is 11.5 Å². The first kappa shape index (κ1) is 24.0. The molecule has 0 bridgehead atoms. The third-order valence-electron chi connectivity index (χ3n) is 5.63. The van der Waals surface area contributed by atoms with Crippen molar-refractivity contribution in [3.8, 4) is 22.9 Å². The Balaban J connectivity index is 1.77. The van der Waals surface area contributed by atoms with Gasteiger partial charge in [0.05, 0.1) is 25.0 Å². The van der Waals surface area contributed by atoms with Gasteiger partial charge in [-0.15, -0.1) is 0 Å². The second-order valence-electron chi connectivity index (χ2n) is 7.97. The zero-order valence-corrected chi connectivity index (χ0v) is 19.8. The Morgan fingerprint density at radius 3 is 2.69 bits per heavy atom. The summed E-state index contributed by atoms with van der Waals surface area (Å²) >= 11 is 0. The minimum Gasteiger partial charge on any atom is -0.496 e. The zero-order chi connectivity index (χ0) is 24.9. The molecule has 10 nitrogen and oxygen atoms in total. The van der Waals surface area contributed by atoms with E-state index in [1.54, 1.807) is 23.7 Å². The van der Waals surface area contributed by atoms with Gasteiger partial charge in [0.15, 0.2) is 0 Å². The molecular weight excluding hydrogens is 450 g/mol. The number of aryl methyl sites for hydroxylation is 1. The first-order valence-corrected chi connectivity index (χ1v) is 11.3. The van der Waals surface area contributed by atoms with Crippen molar-refractivity contribution in [3.63, 3.8) is 0 Å². The van der Waals surface area contributed by atoms with Gasteiger partial charge in [-0.2, -0.15) is 5.10 Å². The third-order valence-corrected chi connectivity index (χ3v) is 5.63. The molecule has 0 atom stereocenters. The number of hydroxylamine groups is 1. The maximum atomic E-state index is 12.8. The minimum absolute atomic E-state index is 0.276. The van der Waals surface area contributed by atoms with Gasteiger partial charge in [0.1, 0.15) is 28.4 Å². The van der Waals surface area contributed by atoms with Gasteiger partial charge >= 0.3 is 0 Å². The van der Waals surface area contributed by atoms with Gasteiger partial charge < -0.3 is 14.5 Å². The molecule has 0 unspecified atom stereocenters. The van der Waals surface area contributed by atoms with Crippen molar-refractivity contribution in [2.24, 2.45) is 0 Å². The number of carbonyl (C=O) groups excluding carboxylic acids is 1. The van der Waals surface area contributed by atoms with E-state index in [2.05, 4.69) is 15.2 Å². The fourth-order valence-electron chi connectivity index (χ4n) is 3.97. The maximum Gasteiger partial charge on any atom is 0.277 e. The minimum atomic E-state index is -0.620. The highest BCUT2D eigenvalue weighted by molar-refractivity contribution is 5.93. The Hall–Kier alpha value is -4.18. The first-order valence-electron chi connectivity index (χ1n) is 11.3. The number of benzene rings is 2. The molecule has 10 heteroatoms. The highest BCUT2D eigenvalue weighted by Crippen LogP contribution is 2.31. The van der Waals surface area contributed by atoms with Gasteiger partial charge in [-0.05, 0) is 48.7 Å². The van der Waals surface area contributed by atoms with E-state index in [1.165, 1.54) is 7.11 Å². The van der Waals surface area contributed by atoms with Crippen LogP contribution in [-0.4, -0.2) is 45.0 Å². The summed E-state index contributed by atoms with van der Waals surface area (Å²) in [7, 11) is 1.52. The van der Waals surface area contributed by atoms with Crippen LogP contribution in [0.2, 0.25) is 0 Å². The lowest BCUT2D eigenvalue weighted by atomic mass is 9.99. The number of methoxy groups -OCH3 is 1. The van der Waals surface area contributed by atoms with Crippen molar-refractivity contribution >= 4 is 16.9 Å². The number of amides is 1. The molecule has 35 heavy (non-hydrogen) atoms. The number of ether oxygens (including phenoxy) is 2. The van der Waals surface area contributed by atoms with E-state index < -0.39 is 5.91 Å². The van der Waals surface area contributed by atoms with Gasteiger partial charge in [0.2, 0.25) is 0 Å². The molecule has 0 aliphatic carbocycles. The fraction of sp³-hybridized carbons (Fsp3) is 0.280. The topological polar surface area (TPSA) is 142 Å². The van der Waals surface area contributed by atoms with Crippen LogP contribution < -0.4 is 20.5 Å². The third kappa shape index (κ3) is 4.87. The summed E-state index contributed by atoms with van der Waals surface area (Å²) < 4.78 is 11.3. The molecule has 0 radical (unpaired) electrons. The molecule has 0 saturated carbocycles. The zero-order valence-electron chi connectivity index (χ0n) is 19.8. The molecule has 182 valence electrons. The average Bonchev–Trinajstić information content (AvgIpc) is 3.28. The second kappa shape index (κ2) is 10.4. The van der Waals surface area contributed by atoms with Gasteiger partial charge in [-0.3, -0.25) is 19.9 Å². The molecule has 0 spiro atoms.